The average Bonchev–Trinajstić information content (AvgIpc) is 2.94. The Kier molecular flexibility index (Phi) is 5.76. The van der Waals surface area contributed by atoms with Crippen molar-refractivity contribution in [2.75, 3.05) is 25.0 Å². The van der Waals surface area contributed by atoms with Crippen LogP contribution in [-0.2, 0) is 4.74 Å². The highest BCUT2D eigenvalue weighted by atomic mass is 16.5. The molecular formula is C19H28N4O3. The van der Waals surface area contributed by atoms with Crippen molar-refractivity contribution in [2.24, 2.45) is 0 Å². The second-order valence-electron chi connectivity index (χ2n) is 6.95. The molecule has 1 saturated heterocycles. The largest absolute Gasteiger partial charge is 0.462 e. The molecule has 0 unspecified atom stereocenters. The third-order valence-electron chi connectivity index (χ3n) is 5.18. The van der Waals surface area contributed by atoms with E-state index in [4.69, 9.17) is 9.15 Å². The molecule has 0 spiro atoms. The Morgan fingerprint density at radius 2 is 2.08 bits per heavy atom. The van der Waals surface area contributed by atoms with E-state index < -0.39 is 5.97 Å². The van der Waals surface area contributed by atoms with Crippen LogP contribution in [0.3, 0.4) is 0 Å². The zero-order valence-electron chi connectivity index (χ0n) is 16.0. The van der Waals surface area contributed by atoms with E-state index in [1.807, 2.05) is 0 Å². The zero-order chi connectivity index (χ0) is 18.7. The first-order valence-corrected chi connectivity index (χ1v) is 9.43. The molecule has 26 heavy (non-hydrogen) atoms. The van der Waals surface area contributed by atoms with Crippen LogP contribution in [0.15, 0.2) is 10.7 Å². The number of piperidine rings is 1. The standard InChI is InChI=1S/C19H28N4O3/c1-5-25-19(24)15-14(4)26-18-16(15)17(21-11-22-18)20-9-10-23-12(2)7-6-8-13(23)3/h11-13H,5-10H2,1-4H3,(H,20,21,22)/t12-,13+. The second kappa shape index (κ2) is 8.03. The molecule has 3 rings (SSSR count). The number of aromatic nitrogens is 2. The molecule has 2 atom stereocenters. The predicted octanol–water partition coefficient (Wildman–Crippen LogP) is 3.38. The summed E-state index contributed by atoms with van der Waals surface area (Å²) in [5, 5.41) is 3.97. The molecule has 0 aromatic carbocycles. The average molecular weight is 360 g/mol. The number of fused-ring (bicyclic) bond motifs is 1. The molecule has 0 aliphatic carbocycles. The van der Waals surface area contributed by atoms with Crippen molar-refractivity contribution in [1.82, 2.24) is 14.9 Å². The molecule has 1 fully saturated rings. The lowest BCUT2D eigenvalue weighted by Crippen LogP contribution is -2.45. The summed E-state index contributed by atoms with van der Waals surface area (Å²) >= 11 is 0. The maximum Gasteiger partial charge on any atom is 0.342 e. The van der Waals surface area contributed by atoms with Crippen LogP contribution in [0.2, 0.25) is 0 Å². The van der Waals surface area contributed by atoms with Crippen molar-refractivity contribution in [2.45, 2.75) is 59.0 Å². The SMILES string of the molecule is CCOC(=O)c1c(C)oc2ncnc(NCCN3[C@H](C)CCC[C@@H]3C)c12. The fraction of sp³-hybridized carbons (Fsp3) is 0.632. The highest BCUT2D eigenvalue weighted by molar-refractivity contribution is 6.07. The molecule has 1 aliphatic heterocycles. The Balaban J connectivity index is 1.78. The number of ether oxygens (including phenoxy) is 1. The van der Waals surface area contributed by atoms with E-state index in [0.29, 0.717) is 46.9 Å². The zero-order valence-corrected chi connectivity index (χ0v) is 16.0. The molecule has 0 amide bonds. The summed E-state index contributed by atoms with van der Waals surface area (Å²) in [7, 11) is 0. The number of hydrogen-bond donors (Lipinski definition) is 1. The van der Waals surface area contributed by atoms with Gasteiger partial charge in [0, 0.05) is 25.2 Å². The van der Waals surface area contributed by atoms with Crippen LogP contribution < -0.4 is 5.32 Å². The van der Waals surface area contributed by atoms with Gasteiger partial charge >= 0.3 is 5.97 Å². The predicted molar refractivity (Wildman–Crippen MR) is 100 cm³/mol. The Bertz CT molecular complexity index is 763. The number of rotatable bonds is 6. The summed E-state index contributed by atoms with van der Waals surface area (Å²) in [6, 6.07) is 1.19. The van der Waals surface area contributed by atoms with Gasteiger partial charge in [0.25, 0.3) is 0 Å². The van der Waals surface area contributed by atoms with Gasteiger partial charge in [0.2, 0.25) is 5.71 Å². The van der Waals surface area contributed by atoms with Crippen LogP contribution in [-0.4, -0.2) is 52.6 Å². The number of carbonyl (C=O) groups is 1. The molecule has 1 N–H and O–H groups in total. The quantitative estimate of drug-likeness (QED) is 0.791. The summed E-state index contributed by atoms with van der Waals surface area (Å²) < 4.78 is 10.8. The minimum Gasteiger partial charge on any atom is -0.462 e. The molecule has 0 bridgehead atoms. The van der Waals surface area contributed by atoms with Crippen LogP contribution in [0.5, 0.6) is 0 Å². The summed E-state index contributed by atoms with van der Waals surface area (Å²) in [5.74, 6) is 0.715. The lowest BCUT2D eigenvalue weighted by Gasteiger charge is -2.39. The highest BCUT2D eigenvalue weighted by Crippen LogP contribution is 2.29. The Labute approximate surface area is 154 Å². The van der Waals surface area contributed by atoms with Crippen molar-refractivity contribution in [3.05, 3.63) is 17.7 Å². The van der Waals surface area contributed by atoms with Crippen molar-refractivity contribution < 1.29 is 13.9 Å². The highest BCUT2D eigenvalue weighted by Gasteiger charge is 2.25. The maximum atomic E-state index is 12.3. The van der Waals surface area contributed by atoms with Crippen LogP contribution in [0.25, 0.3) is 11.1 Å². The number of nitrogens with zero attached hydrogens (tertiary/aromatic N) is 3. The number of esters is 1. The number of aryl methyl sites for hydroxylation is 1. The number of nitrogens with one attached hydrogen (secondary N) is 1. The van der Waals surface area contributed by atoms with Gasteiger partial charge in [-0.15, -0.1) is 0 Å². The molecule has 1 aliphatic rings. The lowest BCUT2D eigenvalue weighted by molar-refractivity contribution is 0.0526. The first-order chi connectivity index (χ1) is 12.5. The minimum atomic E-state index is -0.403. The smallest absolute Gasteiger partial charge is 0.342 e. The number of anilines is 1. The van der Waals surface area contributed by atoms with Crippen LogP contribution in [0.1, 0.15) is 56.2 Å². The summed E-state index contributed by atoms with van der Waals surface area (Å²) in [6.07, 6.45) is 5.25. The monoisotopic (exact) mass is 360 g/mol. The molecule has 3 heterocycles. The molecule has 2 aromatic rings. The van der Waals surface area contributed by atoms with Crippen LogP contribution >= 0.6 is 0 Å². The second-order valence-corrected chi connectivity index (χ2v) is 6.95. The summed E-state index contributed by atoms with van der Waals surface area (Å²) in [4.78, 5) is 23.3. The molecule has 142 valence electrons. The van der Waals surface area contributed by atoms with Gasteiger partial charge in [0.05, 0.1) is 12.0 Å². The van der Waals surface area contributed by atoms with E-state index in [0.717, 1.165) is 13.1 Å². The first-order valence-electron chi connectivity index (χ1n) is 9.43. The van der Waals surface area contributed by atoms with Gasteiger partial charge in [0.1, 0.15) is 23.5 Å². The van der Waals surface area contributed by atoms with Crippen molar-refractivity contribution >= 4 is 22.9 Å². The van der Waals surface area contributed by atoms with Crippen LogP contribution in [0, 0.1) is 6.92 Å². The molecule has 7 nitrogen and oxygen atoms in total. The van der Waals surface area contributed by atoms with Crippen LogP contribution in [0.4, 0.5) is 5.82 Å². The maximum absolute atomic E-state index is 12.3. The normalized spacial score (nSPS) is 21.1. The third kappa shape index (κ3) is 3.67. The molecule has 0 radical (unpaired) electrons. The third-order valence-corrected chi connectivity index (χ3v) is 5.18. The van der Waals surface area contributed by atoms with Gasteiger partial charge in [-0.2, -0.15) is 0 Å². The van der Waals surface area contributed by atoms with Crippen molar-refractivity contribution in [1.29, 1.82) is 0 Å². The Morgan fingerprint density at radius 1 is 1.35 bits per heavy atom. The first kappa shape index (κ1) is 18.6. The minimum absolute atomic E-state index is 0.312. The number of hydrogen-bond acceptors (Lipinski definition) is 7. The molecular weight excluding hydrogens is 332 g/mol. The van der Waals surface area contributed by atoms with Gasteiger partial charge in [-0.1, -0.05) is 6.42 Å². The van der Waals surface area contributed by atoms with Gasteiger partial charge in [-0.05, 0) is 40.5 Å². The van der Waals surface area contributed by atoms with Crippen molar-refractivity contribution in [3.63, 3.8) is 0 Å². The Hall–Kier alpha value is -2.15. The van der Waals surface area contributed by atoms with Crippen molar-refractivity contribution in [3.8, 4) is 0 Å². The summed E-state index contributed by atoms with van der Waals surface area (Å²) in [5.41, 5.74) is 0.812. The van der Waals surface area contributed by atoms with Gasteiger partial charge < -0.3 is 14.5 Å². The lowest BCUT2D eigenvalue weighted by atomic mass is 9.98. The fourth-order valence-corrected chi connectivity index (χ4v) is 3.85. The molecule has 2 aromatic heterocycles. The topological polar surface area (TPSA) is 80.5 Å². The number of likely N-dealkylation sites (tertiary alicyclic amines) is 1. The van der Waals surface area contributed by atoms with Gasteiger partial charge in [-0.3, -0.25) is 4.90 Å². The van der Waals surface area contributed by atoms with Gasteiger partial charge in [-0.25, -0.2) is 14.8 Å². The van der Waals surface area contributed by atoms with E-state index in [1.54, 1.807) is 13.8 Å². The molecule has 7 heteroatoms. The van der Waals surface area contributed by atoms with E-state index in [1.165, 1.54) is 25.6 Å². The fourth-order valence-electron chi connectivity index (χ4n) is 3.85. The number of carbonyl (C=O) groups excluding carboxylic acids is 1. The number of furan rings is 1. The van der Waals surface area contributed by atoms with E-state index >= 15 is 0 Å². The van der Waals surface area contributed by atoms with E-state index in [-0.39, 0.29) is 0 Å². The van der Waals surface area contributed by atoms with E-state index in [9.17, 15) is 4.79 Å². The van der Waals surface area contributed by atoms with Gasteiger partial charge in [0.15, 0.2) is 0 Å². The summed E-state index contributed by atoms with van der Waals surface area (Å²) in [6.45, 7) is 10.1. The Morgan fingerprint density at radius 3 is 2.77 bits per heavy atom. The van der Waals surface area contributed by atoms with E-state index in [2.05, 4.69) is 34.0 Å². The molecule has 0 saturated carbocycles.